The Labute approximate surface area is 102 Å². The van der Waals surface area contributed by atoms with Gasteiger partial charge in [0, 0.05) is 13.6 Å². The third-order valence-electron chi connectivity index (χ3n) is 2.18. The first-order valence-corrected chi connectivity index (χ1v) is 5.91. The fourth-order valence-corrected chi connectivity index (χ4v) is 1.42. The third kappa shape index (κ3) is 4.14. The second-order valence-electron chi connectivity index (χ2n) is 3.78. The minimum Gasteiger partial charge on any atom is -0.363 e. The molecule has 0 aromatic carbocycles. The van der Waals surface area contributed by atoms with E-state index in [0.717, 1.165) is 29.7 Å². The van der Waals surface area contributed by atoms with E-state index in [1.807, 2.05) is 18.9 Å². The van der Waals surface area contributed by atoms with Crippen LogP contribution in [0, 0.1) is 6.92 Å². The summed E-state index contributed by atoms with van der Waals surface area (Å²) in [6.07, 6.45) is 2.30. The molecule has 1 aromatic rings. The van der Waals surface area contributed by atoms with Gasteiger partial charge in [0.1, 0.15) is 5.82 Å². The van der Waals surface area contributed by atoms with Crippen molar-refractivity contribution in [2.75, 3.05) is 13.6 Å². The summed E-state index contributed by atoms with van der Waals surface area (Å²) in [5.41, 5.74) is 0. The van der Waals surface area contributed by atoms with Crippen LogP contribution in [-0.4, -0.2) is 38.8 Å². The molecule has 1 rings (SSSR count). The van der Waals surface area contributed by atoms with Gasteiger partial charge < -0.3 is 10.2 Å². The molecule has 0 amide bonds. The number of hydrogen-bond acceptors (Lipinski definition) is 3. The van der Waals surface area contributed by atoms with Crippen molar-refractivity contribution in [3.8, 4) is 0 Å². The highest BCUT2D eigenvalue weighted by atomic mass is 32.1. The molecule has 0 saturated heterocycles. The Hall–Kier alpha value is -1.17. The van der Waals surface area contributed by atoms with Gasteiger partial charge in [-0.25, -0.2) is 4.98 Å². The molecule has 0 bridgehead atoms. The molecule has 16 heavy (non-hydrogen) atoms. The smallest absolute Gasteiger partial charge is 0.169 e. The average molecular weight is 241 g/mol. The molecule has 0 aliphatic heterocycles. The average Bonchev–Trinajstić information content (AvgIpc) is 2.64. The van der Waals surface area contributed by atoms with E-state index in [2.05, 4.69) is 27.4 Å². The van der Waals surface area contributed by atoms with E-state index in [1.165, 1.54) is 6.42 Å². The molecule has 0 unspecified atom stereocenters. The van der Waals surface area contributed by atoms with Crippen LogP contribution in [0.5, 0.6) is 0 Å². The van der Waals surface area contributed by atoms with Crippen molar-refractivity contribution in [1.82, 2.24) is 25.4 Å². The number of nitrogens with one attached hydrogen (secondary N) is 2. The Bertz CT molecular complexity index is 336. The number of aromatic amines is 1. The summed E-state index contributed by atoms with van der Waals surface area (Å²) < 4.78 is 0. The lowest BCUT2D eigenvalue weighted by Gasteiger charge is -2.19. The molecule has 5 nitrogen and oxygen atoms in total. The van der Waals surface area contributed by atoms with Gasteiger partial charge in [-0.1, -0.05) is 13.3 Å². The molecular formula is C10H19N5S. The quantitative estimate of drug-likeness (QED) is 0.599. The molecule has 2 N–H and O–H groups in total. The van der Waals surface area contributed by atoms with Crippen molar-refractivity contribution in [3.05, 3.63) is 11.6 Å². The fraction of sp³-hybridized carbons (Fsp3) is 0.700. The van der Waals surface area contributed by atoms with Gasteiger partial charge >= 0.3 is 0 Å². The first-order valence-electron chi connectivity index (χ1n) is 5.50. The highest BCUT2D eigenvalue weighted by Crippen LogP contribution is 1.97. The maximum atomic E-state index is 5.25. The van der Waals surface area contributed by atoms with Crippen molar-refractivity contribution in [3.63, 3.8) is 0 Å². The van der Waals surface area contributed by atoms with E-state index in [1.54, 1.807) is 0 Å². The van der Waals surface area contributed by atoms with E-state index in [0.29, 0.717) is 6.54 Å². The largest absolute Gasteiger partial charge is 0.363 e. The molecule has 6 heteroatoms. The lowest BCUT2D eigenvalue weighted by atomic mass is 10.3. The predicted molar refractivity (Wildman–Crippen MR) is 68.1 cm³/mol. The van der Waals surface area contributed by atoms with Crippen LogP contribution in [0.15, 0.2) is 0 Å². The number of unbranched alkanes of at least 4 members (excludes halogenated alkanes) is 1. The highest BCUT2D eigenvalue weighted by Gasteiger charge is 2.07. The Morgan fingerprint density at radius 1 is 1.56 bits per heavy atom. The number of thiocarbonyl (C=S) groups is 1. The molecular weight excluding hydrogens is 222 g/mol. The maximum absolute atomic E-state index is 5.25. The van der Waals surface area contributed by atoms with Gasteiger partial charge in [0.15, 0.2) is 10.9 Å². The molecule has 0 atom stereocenters. The molecule has 0 fully saturated rings. The van der Waals surface area contributed by atoms with Gasteiger partial charge in [-0.05, 0) is 25.6 Å². The number of aryl methyl sites for hydroxylation is 1. The molecule has 0 spiro atoms. The molecule has 0 saturated carbocycles. The predicted octanol–water partition coefficient (Wildman–Crippen LogP) is 1.22. The molecule has 1 heterocycles. The normalized spacial score (nSPS) is 10.2. The maximum Gasteiger partial charge on any atom is 0.169 e. The number of H-pyrrole nitrogens is 1. The summed E-state index contributed by atoms with van der Waals surface area (Å²) in [4.78, 5) is 6.17. The Morgan fingerprint density at radius 3 is 2.88 bits per heavy atom. The summed E-state index contributed by atoms with van der Waals surface area (Å²) in [7, 11) is 1.94. The van der Waals surface area contributed by atoms with Gasteiger partial charge in [0.2, 0.25) is 0 Å². The van der Waals surface area contributed by atoms with Crippen molar-refractivity contribution in [2.24, 2.45) is 0 Å². The first kappa shape index (κ1) is 12.9. The van der Waals surface area contributed by atoms with Crippen molar-refractivity contribution in [2.45, 2.75) is 33.2 Å². The second-order valence-corrected chi connectivity index (χ2v) is 4.17. The van der Waals surface area contributed by atoms with Crippen LogP contribution in [0.1, 0.15) is 31.4 Å². The standard InChI is InChI=1S/C10H19N5S/c1-4-5-6-11-10(16)15(3)7-9-12-8(2)13-14-9/h4-7H2,1-3H3,(H,11,16)(H,12,13,14). The van der Waals surface area contributed by atoms with Crippen LogP contribution < -0.4 is 5.32 Å². The van der Waals surface area contributed by atoms with Crippen LogP contribution in [0.3, 0.4) is 0 Å². The van der Waals surface area contributed by atoms with Crippen LogP contribution in [0.25, 0.3) is 0 Å². The fourth-order valence-electron chi connectivity index (χ4n) is 1.25. The molecule has 1 aromatic heterocycles. The summed E-state index contributed by atoms with van der Waals surface area (Å²) in [5.74, 6) is 1.59. The number of aromatic nitrogens is 3. The van der Waals surface area contributed by atoms with Crippen LogP contribution >= 0.6 is 12.2 Å². The zero-order chi connectivity index (χ0) is 12.0. The lowest BCUT2D eigenvalue weighted by Crippen LogP contribution is -2.37. The van der Waals surface area contributed by atoms with Gasteiger partial charge in [0.05, 0.1) is 6.54 Å². The summed E-state index contributed by atoms with van der Waals surface area (Å²) in [6.45, 7) is 5.59. The van der Waals surface area contributed by atoms with Gasteiger partial charge in [-0.15, -0.1) is 0 Å². The van der Waals surface area contributed by atoms with Crippen LogP contribution in [-0.2, 0) is 6.54 Å². The SMILES string of the molecule is CCCCNC(=S)N(C)Cc1n[nH]c(C)n1. The summed E-state index contributed by atoms with van der Waals surface area (Å²) in [5, 5.41) is 10.8. The van der Waals surface area contributed by atoms with Gasteiger partial charge in [0.25, 0.3) is 0 Å². The lowest BCUT2D eigenvalue weighted by molar-refractivity contribution is 0.472. The Kier molecular flexibility index (Phi) is 5.18. The van der Waals surface area contributed by atoms with Gasteiger partial charge in [-0.2, -0.15) is 5.10 Å². The Balaban J connectivity index is 2.34. The van der Waals surface area contributed by atoms with Gasteiger partial charge in [-0.3, -0.25) is 5.10 Å². The van der Waals surface area contributed by atoms with Crippen molar-refractivity contribution < 1.29 is 0 Å². The third-order valence-corrected chi connectivity index (χ3v) is 2.63. The van der Waals surface area contributed by atoms with Crippen LogP contribution in [0.4, 0.5) is 0 Å². The summed E-state index contributed by atoms with van der Waals surface area (Å²) in [6, 6.07) is 0. The molecule has 90 valence electrons. The second kappa shape index (κ2) is 6.42. The van der Waals surface area contributed by atoms with E-state index in [-0.39, 0.29) is 0 Å². The monoisotopic (exact) mass is 241 g/mol. The number of nitrogens with zero attached hydrogens (tertiary/aromatic N) is 3. The minimum absolute atomic E-state index is 0.627. The van der Waals surface area contributed by atoms with Crippen LogP contribution in [0.2, 0.25) is 0 Å². The zero-order valence-corrected chi connectivity index (χ0v) is 10.9. The highest BCUT2D eigenvalue weighted by molar-refractivity contribution is 7.80. The molecule has 0 radical (unpaired) electrons. The molecule has 0 aliphatic rings. The molecule has 0 aliphatic carbocycles. The van der Waals surface area contributed by atoms with E-state index in [9.17, 15) is 0 Å². The van der Waals surface area contributed by atoms with E-state index >= 15 is 0 Å². The Morgan fingerprint density at radius 2 is 2.31 bits per heavy atom. The topological polar surface area (TPSA) is 56.8 Å². The van der Waals surface area contributed by atoms with Crippen molar-refractivity contribution >= 4 is 17.3 Å². The zero-order valence-electron chi connectivity index (χ0n) is 10.1. The first-order chi connectivity index (χ1) is 7.63. The van der Waals surface area contributed by atoms with E-state index < -0.39 is 0 Å². The number of hydrogen-bond donors (Lipinski definition) is 2. The minimum atomic E-state index is 0.627. The van der Waals surface area contributed by atoms with Crippen molar-refractivity contribution in [1.29, 1.82) is 0 Å². The number of rotatable bonds is 5. The summed E-state index contributed by atoms with van der Waals surface area (Å²) >= 11 is 5.25. The van der Waals surface area contributed by atoms with E-state index in [4.69, 9.17) is 12.2 Å².